The van der Waals surface area contributed by atoms with Crippen LogP contribution in [0.4, 0.5) is 4.39 Å². The molecule has 21 heavy (non-hydrogen) atoms. The van der Waals surface area contributed by atoms with E-state index in [2.05, 4.69) is 32.9 Å². The summed E-state index contributed by atoms with van der Waals surface area (Å²) in [5.74, 6) is 0.632. The van der Waals surface area contributed by atoms with E-state index >= 15 is 0 Å². The van der Waals surface area contributed by atoms with E-state index in [1.807, 2.05) is 0 Å². The summed E-state index contributed by atoms with van der Waals surface area (Å²) in [6.45, 7) is 6.42. The fourth-order valence-electron chi connectivity index (χ4n) is 2.59. The van der Waals surface area contributed by atoms with Crippen LogP contribution in [0.2, 0.25) is 0 Å². The minimum Gasteiger partial charge on any atom is -0.327 e. The second kappa shape index (κ2) is 7.10. The van der Waals surface area contributed by atoms with Crippen molar-refractivity contribution in [1.82, 2.24) is 0 Å². The van der Waals surface area contributed by atoms with Crippen molar-refractivity contribution in [3.8, 4) is 0 Å². The lowest BCUT2D eigenvalue weighted by molar-refractivity contribution is 0.626. The van der Waals surface area contributed by atoms with Gasteiger partial charge in [-0.1, -0.05) is 17.7 Å². The molecule has 0 aliphatic rings. The second-order valence-corrected chi connectivity index (χ2v) is 6.70. The first-order chi connectivity index (χ1) is 9.95. The molecule has 0 saturated heterocycles. The molecule has 1 unspecified atom stereocenters. The molecule has 2 rings (SSSR count). The average Bonchev–Trinajstić information content (AvgIpc) is 2.42. The third-order valence-electron chi connectivity index (χ3n) is 3.58. The van der Waals surface area contributed by atoms with Gasteiger partial charge in [0.1, 0.15) is 5.82 Å². The van der Waals surface area contributed by atoms with Gasteiger partial charge in [0.2, 0.25) is 0 Å². The highest BCUT2D eigenvalue weighted by atomic mass is 32.2. The lowest BCUT2D eigenvalue weighted by Crippen LogP contribution is -2.26. The highest BCUT2D eigenvalue weighted by Crippen LogP contribution is 2.22. The van der Waals surface area contributed by atoms with E-state index in [1.54, 1.807) is 23.9 Å². The molecule has 0 aliphatic heterocycles. The molecule has 0 amide bonds. The molecule has 0 heterocycles. The van der Waals surface area contributed by atoms with Gasteiger partial charge in [-0.25, -0.2) is 4.39 Å². The maximum atomic E-state index is 12.9. The van der Waals surface area contributed by atoms with E-state index in [4.69, 9.17) is 5.73 Å². The van der Waals surface area contributed by atoms with Gasteiger partial charge in [-0.05, 0) is 68.1 Å². The van der Waals surface area contributed by atoms with E-state index in [9.17, 15) is 4.39 Å². The third kappa shape index (κ3) is 4.58. The van der Waals surface area contributed by atoms with Crippen molar-refractivity contribution >= 4 is 11.8 Å². The fraction of sp³-hybridized carbons (Fsp3) is 0.333. The summed E-state index contributed by atoms with van der Waals surface area (Å²) < 4.78 is 12.9. The number of hydrogen-bond donors (Lipinski definition) is 1. The molecule has 2 aromatic rings. The SMILES string of the molecule is Cc1cc(C)c(CC(N)CSc2ccc(F)cc2)c(C)c1. The Hall–Kier alpha value is -1.32. The summed E-state index contributed by atoms with van der Waals surface area (Å²) in [4.78, 5) is 1.06. The van der Waals surface area contributed by atoms with E-state index in [1.165, 1.54) is 34.4 Å². The molecule has 0 bridgehead atoms. The van der Waals surface area contributed by atoms with Crippen molar-refractivity contribution < 1.29 is 4.39 Å². The summed E-state index contributed by atoms with van der Waals surface area (Å²) in [7, 11) is 0. The van der Waals surface area contributed by atoms with Crippen molar-refractivity contribution in [2.45, 2.75) is 38.1 Å². The lowest BCUT2D eigenvalue weighted by Gasteiger charge is -2.16. The van der Waals surface area contributed by atoms with Crippen LogP contribution in [-0.4, -0.2) is 11.8 Å². The molecule has 2 N–H and O–H groups in total. The number of hydrogen-bond acceptors (Lipinski definition) is 2. The van der Waals surface area contributed by atoms with E-state index < -0.39 is 0 Å². The zero-order chi connectivity index (χ0) is 15.4. The van der Waals surface area contributed by atoms with Gasteiger partial charge >= 0.3 is 0 Å². The first-order valence-electron chi connectivity index (χ1n) is 7.16. The molecule has 0 spiro atoms. The van der Waals surface area contributed by atoms with Crippen LogP contribution in [0.3, 0.4) is 0 Å². The second-order valence-electron chi connectivity index (χ2n) is 5.61. The zero-order valence-electron chi connectivity index (χ0n) is 12.8. The summed E-state index contributed by atoms with van der Waals surface area (Å²) >= 11 is 1.68. The van der Waals surface area contributed by atoms with Crippen molar-refractivity contribution in [1.29, 1.82) is 0 Å². The monoisotopic (exact) mass is 303 g/mol. The Balaban J connectivity index is 1.96. The van der Waals surface area contributed by atoms with Crippen LogP contribution in [0.5, 0.6) is 0 Å². The maximum absolute atomic E-state index is 12.9. The van der Waals surface area contributed by atoms with E-state index in [-0.39, 0.29) is 11.9 Å². The standard InChI is InChI=1S/C18H22FNS/c1-12-8-13(2)18(14(3)9-12)10-16(20)11-21-17-6-4-15(19)5-7-17/h4-9,16H,10-11,20H2,1-3H3. The summed E-state index contributed by atoms with van der Waals surface area (Å²) in [5, 5.41) is 0. The summed E-state index contributed by atoms with van der Waals surface area (Å²) in [5.41, 5.74) is 11.5. The highest BCUT2D eigenvalue weighted by molar-refractivity contribution is 7.99. The van der Waals surface area contributed by atoms with Crippen LogP contribution in [-0.2, 0) is 6.42 Å². The van der Waals surface area contributed by atoms with Gasteiger partial charge in [0.15, 0.2) is 0 Å². The number of thioether (sulfide) groups is 1. The Labute approximate surface area is 130 Å². The Morgan fingerprint density at radius 1 is 1.05 bits per heavy atom. The van der Waals surface area contributed by atoms with Crippen LogP contribution in [0.1, 0.15) is 22.3 Å². The number of rotatable bonds is 5. The predicted octanol–water partition coefficient (Wildman–Crippen LogP) is 4.41. The first-order valence-corrected chi connectivity index (χ1v) is 8.15. The van der Waals surface area contributed by atoms with Gasteiger partial charge in [0, 0.05) is 16.7 Å². The molecule has 0 saturated carbocycles. The average molecular weight is 303 g/mol. The Bertz CT molecular complexity index is 584. The quantitative estimate of drug-likeness (QED) is 0.828. The molecule has 112 valence electrons. The van der Waals surface area contributed by atoms with Crippen molar-refractivity contribution in [2.24, 2.45) is 5.73 Å². The number of benzene rings is 2. The van der Waals surface area contributed by atoms with Crippen molar-refractivity contribution in [3.05, 3.63) is 64.5 Å². The van der Waals surface area contributed by atoms with Crippen molar-refractivity contribution in [2.75, 3.05) is 5.75 Å². The van der Waals surface area contributed by atoms with Gasteiger partial charge < -0.3 is 5.73 Å². The van der Waals surface area contributed by atoms with Gasteiger partial charge in [-0.3, -0.25) is 0 Å². The van der Waals surface area contributed by atoms with Crippen LogP contribution >= 0.6 is 11.8 Å². The largest absolute Gasteiger partial charge is 0.327 e. The van der Waals surface area contributed by atoms with Crippen LogP contribution in [0.15, 0.2) is 41.3 Å². The molecule has 0 aliphatic carbocycles. The Kier molecular flexibility index (Phi) is 5.43. The van der Waals surface area contributed by atoms with Gasteiger partial charge in [-0.2, -0.15) is 0 Å². The summed E-state index contributed by atoms with van der Waals surface area (Å²) in [6.07, 6.45) is 0.881. The zero-order valence-corrected chi connectivity index (χ0v) is 13.6. The Morgan fingerprint density at radius 2 is 1.62 bits per heavy atom. The molecule has 3 heteroatoms. The van der Waals surface area contributed by atoms with Gasteiger partial charge in [0.05, 0.1) is 0 Å². The van der Waals surface area contributed by atoms with Crippen LogP contribution in [0.25, 0.3) is 0 Å². The summed E-state index contributed by atoms with van der Waals surface area (Å²) in [6, 6.07) is 11.1. The molecule has 0 fully saturated rings. The van der Waals surface area contributed by atoms with Gasteiger partial charge in [0.25, 0.3) is 0 Å². The molecular weight excluding hydrogens is 281 g/mol. The molecule has 1 nitrogen and oxygen atoms in total. The number of nitrogens with two attached hydrogens (primary N) is 1. The minimum absolute atomic E-state index is 0.0974. The first kappa shape index (κ1) is 16.1. The smallest absolute Gasteiger partial charge is 0.123 e. The maximum Gasteiger partial charge on any atom is 0.123 e. The predicted molar refractivity (Wildman–Crippen MR) is 89.5 cm³/mol. The minimum atomic E-state index is -0.199. The number of aryl methyl sites for hydroxylation is 3. The van der Waals surface area contributed by atoms with Crippen LogP contribution in [0, 0.1) is 26.6 Å². The van der Waals surface area contributed by atoms with E-state index in [0.29, 0.717) is 0 Å². The molecule has 2 aromatic carbocycles. The van der Waals surface area contributed by atoms with Crippen molar-refractivity contribution in [3.63, 3.8) is 0 Å². The topological polar surface area (TPSA) is 26.0 Å². The molecule has 0 aromatic heterocycles. The third-order valence-corrected chi connectivity index (χ3v) is 4.78. The Morgan fingerprint density at radius 3 is 2.19 bits per heavy atom. The van der Waals surface area contributed by atoms with Gasteiger partial charge in [-0.15, -0.1) is 11.8 Å². The molecule has 0 radical (unpaired) electrons. The molecular formula is C18H22FNS. The van der Waals surface area contributed by atoms with Crippen LogP contribution < -0.4 is 5.73 Å². The normalized spacial score (nSPS) is 12.4. The highest BCUT2D eigenvalue weighted by Gasteiger charge is 2.10. The number of halogens is 1. The lowest BCUT2D eigenvalue weighted by atomic mass is 9.95. The fourth-order valence-corrected chi connectivity index (χ4v) is 3.44. The molecule has 1 atom stereocenters. The van der Waals surface area contributed by atoms with E-state index in [0.717, 1.165) is 17.1 Å².